The third kappa shape index (κ3) is 11.5. The van der Waals surface area contributed by atoms with Crippen LogP contribution in [0.25, 0.3) is 0 Å². The van der Waals surface area contributed by atoms with Gasteiger partial charge in [-0.2, -0.15) is 17.5 Å². The van der Waals surface area contributed by atoms with Crippen LogP contribution >= 0.6 is 21.6 Å². The Bertz CT molecular complexity index is 950. The van der Waals surface area contributed by atoms with Crippen molar-refractivity contribution in [3.8, 4) is 0 Å². The number of halogens is 3. The SMILES string of the molecule is Cc1ccc(S(=O)(=O)N2CCC(C(=O)NCCSSCCC(=O)O)CC2)cc1.O=C(O)C(F)(F)F. The van der Waals surface area contributed by atoms with Crippen LogP contribution in [-0.2, 0) is 24.4 Å². The second-order valence-corrected chi connectivity index (χ2v) is 12.0. The van der Waals surface area contributed by atoms with Crippen LogP contribution in [0.5, 0.6) is 0 Å². The van der Waals surface area contributed by atoms with Crippen LogP contribution in [0.2, 0.25) is 0 Å². The van der Waals surface area contributed by atoms with Crippen molar-refractivity contribution in [1.82, 2.24) is 9.62 Å². The molecule has 3 N–H and O–H groups in total. The van der Waals surface area contributed by atoms with Crippen molar-refractivity contribution in [3.63, 3.8) is 0 Å². The summed E-state index contributed by atoms with van der Waals surface area (Å²) >= 11 is 0. The molecule has 0 aliphatic carbocycles. The molecule has 1 heterocycles. The Morgan fingerprint density at radius 1 is 1.06 bits per heavy atom. The zero-order valence-corrected chi connectivity index (χ0v) is 21.2. The first kappa shape index (κ1) is 31.1. The molecule has 9 nitrogen and oxygen atoms in total. The van der Waals surface area contributed by atoms with Crippen molar-refractivity contribution in [2.75, 3.05) is 31.1 Å². The summed E-state index contributed by atoms with van der Waals surface area (Å²) in [6.07, 6.45) is -3.93. The Hall–Kier alpha value is -1.97. The third-order valence-electron chi connectivity index (χ3n) is 4.69. The number of hydrogen-bond acceptors (Lipinski definition) is 7. The molecule has 0 unspecified atom stereocenters. The Morgan fingerprint density at radius 3 is 2.06 bits per heavy atom. The van der Waals surface area contributed by atoms with E-state index in [1.165, 1.54) is 25.9 Å². The van der Waals surface area contributed by atoms with Crippen LogP contribution in [0.3, 0.4) is 0 Å². The predicted molar refractivity (Wildman–Crippen MR) is 127 cm³/mol. The van der Waals surface area contributed by atoms with Gasteiger partial charge in [0.15, 0.2) is 0 Å². The Kier molecular flexibility index (Phi) is 12.9. The van der Waals surface area contributed by atoms with Crippen molar-refractivity contribution in [1.29, 1.82) is 0 Å². The van der Waals surface area contributed by atoms with Crippen LogP contribution in [0.4, 0.5) is 13.2 Å². The number of hydrogen-bond donors (Lipinski definition) is 3. The van der Waals surface area contributed by atoms with Crippen LogP contribution in [0.15, 0.2) is 29.2 Å². The molecule has 198 valence electrons. The number of alkyl halides is 3. The minimum atomic E-state index is -5.08. The van der Waals surface area contributed by atoms with Gasteiger partial charge in [-0.15, -0.1) is 0 Å². The highest BCUT2D eigenvalue weighted by molar-refractivity contribution is 8.76. The molecule has 0 radical (unpaired) electrons. The van der Waals surface area contributed by atoms with Gasteiger partial charge in [0, 0.05) is 37.1 Å². The topological polar surface area (TPSA) is 141 Å². The highest BCUT2D eigenvalue weighted by Crippen LogP contribution is 2.25. The van der Waals surface area contributed by atoms with E-state index in [9.17, 15) is 31.2 Å². The molecule has 0 atom stereocenters. The maximum Gasteiger partial charge on any atom is 0.490 e. The number of piperidine rings is 1. The second kappa shape index (κ2) is 14.6. The lowest BCUT2D eigenvalue weighted by atomic mass is 9.97. The van der Waals surface area contributed by atoms with Gasteiger partial charge in [-0.3, -0.25) is 9.59 Å². The van der Waals surface area contributed by atoms with E-state index in [1.54, 1.807) is 24.3 Å². The summed E-state index contributed by atoms with van der Waals surface area (Å²) in [5.41, 5.74) is 1.01. The fourth-order valence-corrected chi connectivity index (χ4v) is 6.18. The normalized spacial score (nSPS) is 15.1. The molecule has 15 heteroatoms. The number of aryl methyl sites for hydroxylation is 1. The standard InChI is InChI=1S/C18H26N2O5S3.C2HF3O2/c1-14-2-4-16(5-3-14)28(24,25)20-10-6-15(7-11-20)18(23)19-9-13-27-26-12-8-17(21)22;3-2(4,5)1(6)7/h2-5,15H,6-13H2,1H3,(H,19,23)(H,21,22);(H,6,7). The molecular weight excluding hydrogens is 533 g/mol. The van der Waals surface area contributed by atoms with Crippen molar-refractivity contribution in [3.05, 3.63) is 29.8 Å². The highest BCUT2D eigenvalue weighted by Gasteiger charge is 2.38. The first-order valence-corrected chi connectivity index (χ1v) is 14.3. The number of benzene rings is 1. The number of aliphatic carboxylic acids is 2. The minimum Gasteiger partial charge on any atom is -0.481 e. The van der Waals surface area contributed by atoms with E-state index in [4.69, 9.17) is 15.0 Å². The van der Waals surface area contributed by atoms with Crippen LogP contribution in [0, 0.1) is 12.8 Å². The Labute approximate surface area is 209 Å². The summed E-state index contributed by atoms with van der Waals surface area (Å²) in [7, 11) is -0.491. The molecule has 1 saturated heterocycles. The van der Waals surface area contributed by atoms with Gasteiger partial charge in [0.1, 0.15) is 0 Å². The van der Waals surface area contributed by atoms with E-state index in [0.29, 0.717) is 48.9 Å². The molecule has 0 bridgehead atoms. The molecule has 35 heavy (non-hydrogen) atoms. The maximum absolute atomic E-state index is 12.7. The number of amides is 1. The lowest BCUT2D eigenvalue weighted by molar-refractivity contribution is -0.192. The number of carbonyl (C=O) groups is 3. The summed E-state index contributed by atoms with van der Waals surface area (Å²) in [4.78, 5) is 31.9. The first-order valence-electron chi connectivity index (χ1n) is 10.4. The van der Waals surface area contributed by atoms with Crippen LogP contribution < -0.4 is 5.32 Å². The molecule has 0 aromatic heterocycles. The molecule has 1 aromatic carbocycles. The summed E-state index contributed by atoms with van der Waals surface area (Å²) in [5, 5.41) is 18.6. The average molecular weight is 561 g/mol. The first-order chi connectivity index (χ1) is 16.2. The smallest absolute Gasteiger partial charge is 0.481 e. The quantitative estimate of drug-likeness (QED) is 0.291. The van der Waals surface area contributed by atoms with E-state index < -0.39 is 28.1 Å². The van der Waals surface area contributed by atoms with Gasteiger partial charge in [0.2, 0.25) is 15.9 Å². The molecule has 1 amide bonds. The monoisotopic (exact) mass is 560 g/mol. The van der Waals surface area contributed by atoms with Crippen molar-refractivity contribution in [2.45, 2.75) is 37.3 Å². The lowest BCUT2D eigenvalue weighted by Gasteiger charge is -2.30. The molecule has 0 spiro atoms. The van der Waals surface area contributed by atoms with Gasteiger partial charge < -0.3 is 15.5 Å². The maximum atomic E-state index is 12.7. The molecule has 1 aliphatic heterocycles. The Balaban J connectivity index is 0.000000762. The average Bonchev–Trinajstić information content (AvgIpc) is 2.78. The molecule has 1 aliphatic rings. The third-order valence-corrected chi connectivity index (χ3v) is 9.01. The predicted octanol–water partition coefficient (Wildman–Crippen LogP) is 3.00. The number of nitrogens with zero attached hydrogens (tertiary/aromatic N) is 1. The van der Waals surface area contributed by atoms with Gasteiger partial charge in [0.05, 0.1) is 11.3 Å². The van der Waals surface area contributed by atoms with E-state index in [1.807, 2.05) is 6.92 Å². The van der Waals surface area contributed by atoms with Crippen molar-refractivity contribution < 1.29 is 46.2 Å². The van der Waals surface area contributed by atoms with Crippen LogP contribution in [-0.4, -0.2) is 78.1 Å². The van der Waals surface area contributed by atoms with E-state index in [-0.39, 0.29) is 18.2 Å². The van der Waals surface area contributed by atoms with Crippen molar-refractivity contribution >= 4 is 49.5 Å². The molecular formula is C20H27F3N2O7S3. The molecule has 1 fully saturated rings. The van der Waals surface area contributed by atoms with E-state index in [0.717, 1.165) is 5.56 Å². The summed E-state index contributed by atoms with van der Waals surface area (Å²) in [5.74, 6) is -2.53. The van der Waals surface area contributed by atoms with Gasteiger partial charge in [-0.25, -0.2) is 13.2 Å². The zero-order valence-electron chi connectivity index (χ0n) is 18.8. The summed E-state index contributed by atoms with van der Waals surface area (Å²) in [6, 6.07) is 6.81. The number of nitrogens with one attached hydrogen (secondary N) is 1. The van der Waals surface area contributed by atoms with Crippen molar-refractivity contribution in [2.24, 2.45) is 5.92 Å². The summed E-state index contributed by atoms with van der Waals surface area (Å²) in [6.45, 7) is 3.11. The van der Waals surface area contributed by atoms with Crippen LogP contribution in [0.1, 0.15) is 24.8 Å². The van der Waals surface area contributed by atoms with Gasteiger partial charge >= 0.3 is 18.1 Å². The zero-order chi connectivity index (χ0) is 26.6. The van der Waals surface area contributed by atoms with E-state index in [2.05, 4.69) is 5.32 Å². The molecule has 0 saturated carbocycles. The number of carbonyl (C=O) groups excluding carboxylic acids is 1. The van der Waals surface area contributed by atoms with E-state index >= 15 is 0 Å². The molecule has 2 rings (SSSR count). The largest absolute Gasteiger partial charge is 0.490 e. The lowest BCUT2D eigenvalue weighted by Crippen LogP contribution is -2.43. The fourth-order valence-electron chi connectivity index (χ4n) is 2.82. The minimum absolute atomic E-state index is 0.0384. The van der Waals surface area contributed by atoms with Gasteiger partial charge in [0.25, 0.3) is 0 Å². The Morgan fingerprint density at radius 2 is 1.57 bits per heavy atom. The highest BCUT2D eigenvalue weighted by atomic mass is 33.1. The number of carboxylic acids is 2. The second-order valence-electron chi connectivity index (χ2n) is 7.37. The number of carboxylic acid groups (broad SMARTS) is 2. The van der Waals surface area contributed by atoms with Gasteiger partial charge in [-0.05, 0) is 31.9 Å². The fraction of sp³-hybridized carbons (Fsp3) is 0.550. The summed E-state index contributed by atoms with van der Waals surface area (Å²) < 4.78 is 58.6. The van der Waals surface area contributed by atoms with Gasteiger partial charge in [-0.1, -0.05) is 39.3 Å². The number of sulfonamides is 1. The molecule has 1 aromatic rings. The number of rotatable bonds is 10.